The van der Waals surface area contributed by atoms with E-state index in [2.05, 4.69) is 41.5 Å². The maximum Gasteiger partial charge on any atom is 0.119 e. The molecule has 0 fully saturated rings. The third kappa shape index (κ3) is 20.3. The summed E-state index contributed by atoms with van der Waals surface area (Å²) in [6, 6.07) is 25.1. The minimum atomic E-state index is 0.767. The lowest BCUT2D eigenvalue weighted by Crippen LogP contribution is -2.41. The third-order valence-electron chi connectivity index (χ3n) is 9.55. The Hall–Kier alpha value is -3.38. The number of hydrogen-bond donors (Lipinski definition) is 0. The van der Waals surface area contributed by atoms with Gasteiger partial charge < -0.3 is 9.22 Å². The van der Waals surface area contributed by atoms with Crippen molar-refractivity contribution in [2.75, 3.05) is 33.8 Å². The van der Waals surface area contributed by atoms with Crippen molar-refractivity contribution in [2.45, 2.75) is 135 Å². The number of azo groups is 2. The molecule has 3 aromatic rings. The van der Waals surface area contributed by atoms with E-state index in [1.165, 1.54) is 140 Å². The molecule has 0 saturated carbocycles. The Morgan fingerprint density at radius 3 is 1.16 bits per heavy atom. The Labute approximate surface area is 305 Å². The first kappa shape index (κ1) is 41.0. The van der Waals surface area contributed by atoms with Gasteiger partial charge in [-0.25, -0.2) is 0 Å². The third-order valence-corrected chi connectivity index (χ3v) is 9.55. The molecule has 3 aromatic carbocycles. The first-order valence-corrected chi connectivity index (χ1v) is 20.1. The van der Waals surface area contributed by atoms with Gasteiger partial charge in [0.15, 0.2) is 0 Å². The molecule has 0 unspecified atom stereocenters. The maximum atomic E-state index is 5.96. The smallest absolute Gasteiger partial charge is 0.119 e. The number of unbranched alkanes of at least 4 members (excludes halogenated alkanes) is 18. The molecule has 0 amide bonds. The predicted octanol–water partition coefficient (Wildman–Crippen LogP) is 14.8. The van der Waals surface area contributed by atoms with Gasteiger partial charge in [-0.2, -0.15) is 20.5 Å². The molecule has 0 heterocycles. The summed E-state index contributed by atoms with van der Waals surface area (Å²) < 4.78 is 7.17. The van der Waals surface area contributed by atoms with E-state index in [1.807, 2.05) is 78.9 Å². The molecule has 0 aliphatic rings. The highest BCUT2D eigenvalue weighted by atomic mass is 16.5. The fourth-order valence-corrected chi connectivity index (χ4v) is 6.31. The highest BCUT2D eigenvalue weighted by Gasteiger charge is 2.13. The number of nitrogens with zero attached hydrogens (tertiary/aromatic N) is 5. The van der Waals surface area contributed by atoms with Gasteiger partial charge in [0.25, 0.3) is 0 Å². The summed E-state index contributed by atoms with van der Waals surface area (Å²) in [6.45, 7) is 5.76. The van der Waals surface area contributed by atoms with Crippen molar-refractivity contribution in [3.63, 3.8) is 0 Å². The molecule has 0 saturated heterocycles. The van der Waals surface area contributed by atoms with E-state index >= 15 is 0 Å². The van der Waals surface area contributed by atoms with E-state index < -0.39 is 0 Å². The highest BCUT2D eigenvalue weighted by molar-refractivity contribution is 5.48. The van der Waals surface area contributed by atoms with Gasteiger partial charge in [0.2, 0.25) is 0 Å². The molecule has 50 heavy (non-hydrogen) atoms. The van der Waals surface area contributed by atoms with E-state index in [0.29, 0.717) is 0 Å². The van der Waals surface area contributed by atoms with Gasteiger partial charge in [-0.05, 0) is 92.8 Å². The van der Waals surface area contributed by atoms with Crippen LogP contribution in [0.4, 0.5) is 22.7 Å². The van der Waals surface area contributed by atoms with Crippen molar-refractivity contribution < 1.29 is 9.22 Å². The van der Waals surface area contributed by atoms with E-state index in [4.69, 9.17) is 4.74 Å². The number of quaternary nitrogens is 1. The molecular weight excluding hydrogens is 615 g/mol. The van der Waals surface area contributed by atoms with Crippen LogP contribution in [0.2, 0.25) is 0 Å². The van der Waals surface area contributed by atoms with Crippen molar-refractivity contribution >= 4 is 22.7 Å². The van der Waals surface area contributed by atoms with Crippen molar-refractivity contribution in [3.05, 3.63) is 78.9 Å². The van der Waals surface area contributed by atoms with Crippen molar-refractivity contribution in [3.8, 4) is 5.75 Å². The number of ether oxygens (including phenoxy) is 1. The normalized spacial score (nSPS) is 12.0. The summed E-state index contributed by atoms with van der Waals surface area (Å²) in [7, 11) is 4.88. The second-order valence-corrected chi connectivity index (χ2v) is 14.7. The van der Waals surface area contributed by atoms with Gasteiger partial charge in [-0.15, -0.1) is 0 Å². The number of rotatable bonds is 29. The predicted molar refractivity (Wildman–Crippen MR) is 213 cm³/mol. The monoisotopic (exact) mass is 683 g/mol. The van der Waals surface area contributed by atoms with Crippen LogP contribution in [0.15, 0.2) is 99.3 Å². The SMILES string of the molecule is CCCCCCCCCCCC[N+](C)(C)CCCCCCCCCCCCOc1ccc(N=Nc2ccc(N=Nc3ccccc3)cc2)cc1. The van der Waals surface area contributed by atoms with Crippen LogP contribution in [0, 0.1) is 0 Å². The molecule has 0 aliphatic heterocycles. The molecule has 0 atom stereocenters. The first-order valence-electron chi connectivity index (χ1n) is 20.1. The molecule has 0 radical (unpaired) electrons. The summed E-state index contributed by atoms with van der Waals surface area (Å²) in [5.41, 5.74) is 3.17. The Balaban J connectivity index is 1.11. The van der Waals surface area contributed by atoms with Crippen molar-refractivity contribution in [2.24, 2.45) is 20.5 Å². The Kier molecular flexibility index (Phi) is 21.7. The van der Waals surface area contributed by atoms with Gasteiger partial charge >= 0.3 is 0 Å². The van der Waals surface area contributed by atoms with Gasteiger partial charge in [-0.1, -0.05) is 121 Å². The zero-order chi connectivity index (χ0) is 35.4. The van der Waals surface area contributed by atoms with E-state index in [9.17, 15) is 0 Å². The molecule has 0 spiro atoms. The standard InChI is InChI=1S/C44H68N5O/c1-4-5-6-7-8-9-12-15-18-24-37-49(2,3)38-25-19-16-13-10-11-14-17-20-26-39-50-44-35-33-43(34-36-44)48-47-42-31-29-41(30-32-42)46-45-40-27-22-21-23-28-40/h21-23,27-36H,4-20,24-26,37-39H2,1-3H3/q+1. The van der Waals surface area contributed by atoms with E-state index in [0.717, 1.165) is 41.5 Å². The zero-order valence-corrected chi connectivity index (χ0v) is 31.9. The topological polar surface area (TPSA) is 58.7 Å². The van der Waals surface area contributed by atoms with Crippen LogP contribution in [0.25, 0.3) is 0 Å². The minimum absolute atomic E-state index is 0.767. The van der Waals surface area contributed by atoms with Gasteiger partial charge in [0, 0.05) is 0 Å². The molecule has 0 N–H and O–H groups in total. The summed E-state index contributed by atoms with van der Waals surface area (Å²) in [5.74, 6) is 0.887. The maximum absolute atomic E-state index is 5.96. The molecule has 274 valence electrons. The Bertz CT molecular complexity index is 1290. The molecular formula is C44H68N5O+. The lowest BCUT2D eigenvalue weighted by Gasteiger charge is -2.30. The Morgan fingerprint density at radius 1 is 0.400 bits per heavy atom. The van der Waals surface area contributed by atoms with Crippen LogP contribution in [-0.4, -0.2) is 38.3 Å². The molecule has 6 heteroatoms. The largest absolute Gasteiger partial charge is 0.494 e. The molecule has 3 rings (SSSR count). The first-order chi connectivity index (χ1) is 24.5. The summed E-state index contributed by atoms with van der Waals surface area (Å²) >= 11 is 0. The highest BCUT2D eigenvalue weighted by Crippen LogP contribution is 2.25. The molecule has 0 aliphatic carbocycles. The van der Waals surface area contributed by atoms with Crippen LogP contribution in [0.1, 0.15) is 135 Å². The van der Waals surface area contributed by atoms with E-state index in [1.54, 1.807) is 0 Å². The van der Waals surface area contributed by atoms with Gasteiger partial charge in [0.05, 0.1) is 56.5 Å². The average molecular weight is 683 g/mol. The lowest BCUT2D eigenvalue weighted by atomic mass is 10.1. The van der Waals surface area contributed by atoms with Crippen molar-refractivity contribution in [1.82, 2.24) is 0 Å². The molecule has 6 nitrogen and oxygen atoms in total. The van der Waals surface area contributed by atoms with E-state index in [-0.39, 0.29) is 0 Å². The second-order valence-electron chi connectivity index (χ2n) is 14.7. The van der Waals surface area contributed by atoms with Crippen LogP contribution in [-0.2, 0) is 0 Å². The zero-order valence-electron chi connectivity index (χ0n) is 31.9. The average Bonchev–Trinajstić information content (AvgIpc) is 3.14. The summed E-state index contributed by atoms with van der Waals surface area (Å²) in [5, 5.41) is 17.2. The number of hydrogen-bond acceptors (Lipinski definition) is 5. The summed E-state index contributed by atoms with van der Waals surface area (Å²) in [4.78, 5) is 0. The van der Waals surface area contributed by atoms with Crippen molar-refractivity contribution in [1.29, 1.82) is 0 Å². The van der Waals surface area contributed by atoms with Crippen LogP contribution < -0.4 is 4.74 Å². The second kappa shape index (κ2) is 26.4. The van der Waals surface area contributed by atoms with Crippen LogP contribution in [0.3, 0.4) is 0 Å². The molecule has 0 aromatic heterocycles. The Morgan fingerprint density at radius 2 is 0.740 bits per heavy atom. The van der Waals surface area contributed by atoms with Gasteiger partial charge in [-0.3, -0.25) is 0 Å². The molecule has 0 bridgehead atoms. The fraction of sp³-hybridized carbons (Fsp3) is 0.591. The number of benzene rings is 3. The van der Waals surface area contributed by atoms with Crippen LogP contribution in [0.5, 0.6) is 5.75 Å². The minimum Gasteiger partial charge on any atom is -0.494 e. The summed E-state index contributed by atoms with van der Waals surface area (Å²) in [6.07, 6.45) is 27.7. The van der Waals surface area contributed by atoms with Gasteiger partial charge in [0.1, 0.15) is 5.75 Å². The fourth-order valence-electron chi connectivity index (χ4n) is 6.31. The van der Waals surface area contributed by atoms with Crippen LogP contribution >= 0.6 is 0 Å². The lowest BCUT2D eigenvalue weighted by molar-refractivity contribution is -0.890. The quantitative estimate of drug-likeness (QED) is 0.0408.